The summed E-state index contributed by atoms with van der Waals surface area (Å²) in [6, 6.07) is 9.97. The lowest BCUT2D eigenvalue weighted by atomic mass is 10.1. The summed E-state index contributed by atoms with van der Waals surface area (Å²) in [5.74, 6) is 0.494. The molecule has 8 heteroatoms. The molecule has 0 atom stereocenters. The van der Waals surface area contributed by atoms with E-state index in [9.17, 15) is 14.7 Å². The van der Waals surface area contributed by atoms with E-state index in [1.807, 2.05) is 30.3 Å². The summed E-state index contributed by atoms with van der Waals surface area (Å²) in [5.41, 5.74) is 1.73. The van der Waals surface area contributed by atoms with Crippen LogP contribution in [0, 0.1) is 5.92 Å². The Morgan fingerprint density at radius 3 is 2.55 bits per heavy atom. The smallest absolute Gasteiger partial charge is 0.240 e. The summed E-state index contributed by atoms with van der Waals surface area (Å²) in [6.07, 6.45) is 3.22. The van der Waals surface area contributed by atoms with Gasteiger partial charge in [-0.25, -0.2) is 4.98 Å². The summed E-state index contributed by atoms with van der Waals surface area (Å²) in [4.78, 5) is 28.6. The number of nitrogens with zero attached hydrogens (tertiary/aromatic N) is 2. The van der Waals surface area contributed by atoms with Gasteiger partial charge in [0.1, 0.15) is 6.54 Å². The van der Waals surface area contributed by atoms with Crippen molar-refractivity contribution in [2.45, 2.75) is 45.0 Å². The lowest BCUT2D eigenvalue weighted by Crippen LogP contribution is -2.30. The summed E-state index contributed by atoms with van der Waals surface area (Å²) >= 11 is 1.26. The van der Waals surface area contributed by atoms with Gasteiger partial charge in [-0.05, 0) is 24.3 Å². The molecule has 2 aromatic rings. The van der Waals surface area contributed by atoms with Crippen LogP contribution in [0.15, 0.2) is 41.7 Å². The number of benzene rings is 1. The van der Waals surface area contributed by atoms with E-state index in [1.165, 1.54) is 23.5 Å². The first kappa shape index (κ1) is 23.0. The number of hydrogen-bond acceptors (Lipinski definition) is 5. The zero-order chi connectivity index (χ0) is 21.1. The number of nitrogens with one attached hydrogen (secondary N) is 2. The van der Waals surface area contributed by atoms with E-state index in [2.05, 4.69) is 29.5 Å². The average Bonchev–Trinajstić information content (AvgIpc) is 3.08. The minimum Gasteiger partial charge on any atom is -0.390 e. The Kier molecular flexibility index (Phi) is 9.73. The van der Waals surface area contributed by atoms with Gasteiger partial charge in [-0.2, -0.15) is 0 Å². The molecule has 0 saturated heterocycles. The second-order valence-electron chi connectivity index (χ2n) is 7.18. The van der Waals surface area contributed by atoms with Gasteiger partial charge in [-0.3, -0.25) is 9.59 Å². The molecule has 158 valence electrons. The van der Waals surface area contributed by atoms with E-state index in [0.717, 1.165) is 12.8 Å². The Hall–Kier alpha value is -2.32. The first-order chi connectivity index (χ1) is 14.0. The molecule has 0 aliphatic rings. The van der Waals surface area contributed by atoms with Crippen molar-refractivity contribution in [2.24, 2.45) is 5.92 Å². The van der Waals surface area contributed by atoms with Gasteiger partial charge in [-0.15, -0.1) is 0 Å². The van der Waals surface area contributed by atoms with Crippen molar-refractivity contribution < 1.29 is 14.7 Å². The van der Waals surface area contributed by atoms with Crippen molar-refractivity contribution >= 4 is 23.6 Å². The molecule has 2 rings (SSSR count). The molecule has 0 radical (unpaired) electrons. The molecule has 0 fully saturated rings. The molecule has 0 spiro atoms. The van der Waals surface area contributed by atoms with Crippen LogP contribution in [0.2, 0.25) is 0 Å². The third-order valence-electron chi connectivity index (χ3n) is 4.32. The molecular weight excluding hydrogens is 388 g/mol. The van der Waals surface area contributed by atoms with Crippen molar-refractivity contribution in [3.05, 3.63) is 47.8 Å². The molecule has 29 heavy (non-hydrogen) atoms. The SMILES string of the molecule is CC(C)CCNC(=O)Cn1c(CO)cnc1SCC(=O)NCCc1ccccc1. The Morgan fingerprint density at radius 2 is 1.86 bits per heavy atom. The maximum atomic E-state index is 12.2. The number of imidazole rings is 1. The highest BCUT2D eigenvalue weighted by Gasteiger charge is 2.15. The van der Waals surface area contributed by atoms with Gasteiger partial charge in [0, 0.05) is 13.1 Å². The number of carbonyl (C=O) groups excluding carboxylic acids is 2. The third kappa shape index (κ3) is 8.29. The molecule has 2 amide bonds. The van der Waals surface area contributed by atoms with Gasteiger partial charge < -0.3 is 20.3 Å². The molecule has 3 N–H and O–H groups in total. The number of carbonyl (C=O) groups is 2. The summed E-state index contributed by atoms with van der Waals surface area (Å²) in [6.45, 7) is 5.25. The largest absolute Gasteiger partial charge is 0.390 e. The van der Waals surface area contributed by atoms with Crippen LogP contribution in [0.5, 0.6) is 0 Å². The van der Waals surface area contributed by atoms with Crippen LogP contribution < -0.4 is 10.6 Å². The van der Waals surface area contributed by atoms with Crippen LogP contribution in [0.4, 0.5) is 0 Å². The van der Waals surface area contributed by atoms with E-state index in [-0.39, 0.29) is 30.7 Å². The van der Waals surface area contributed by atoms with Crippen molar-refractivity contribution in [3.63, 3.8) is 0 Å². The van der Waals surface area contributed by atoms with E-state index < -0.39 is 0 Å². The maximum Gasteiger partial charge on any atom is 0.240 e. The highest BCUT2D eigenvalue weighted by molar-refractivity contribution is 7.99. The number of rotatable bonds is 12. The maximum absolute atomic E-state index is 12.2. The Bertz CT molecular complexity index is 777. The standard InChI is InChI=1S/C21H30N4O3S/c1-16(2)8-10-22-19(27)13-25-18(14-26)12-24-21(25)29-15-20(28)23-11-9-17-6-4-3-5-7-17/h3-7,12,16,26H,8-11,13-15H2,1-2H3,(H,22,27)(H,23,28). The molecule has 0 aliphatic carbocycles. The average molecular weight is 419 g/mol. The van der Waals surface area contributed by atoms with Gasteiger partial charge >= 0.3 is 0 Å². The van der Waals surface area contributed by atoms with Crippen LogP contribution >= 0.6 is 11.8 Å². The van der Waals surface area contributed by atoms with Crippen molar-refractivity contribution in [1.29, 1.82) is 0 Å². The van der Waals surface area contributed by atoms with Crippen molar-refractivity contribution in [3.8, 4) is 0 Å². The zero-order valence-corrected chi connectivity index (χ0v) is 17.9. The van der Waals surface area contributed by atoms with E-state index >= 15 is 0 Å². The topological polar surface area (TPSA) is 96.2 Å². The quantitative estimate of drug-likeness (QED) is 0.458. The minimum atomic E-state index is -0.212. The number of hydrogen-bond donors (Lipinski definition) is 3. The fourth-order valence-electron chi connectivity index (χ4n) is 2.67. The summed E-state index contributed by atoms with van der Waals surface area (Å²) < 4.78 is 1.66. The second-order valence-corrected chi connectivity index (χ2v) is 8.13. The van der Waals surface area contributed by atoms with Gasteiger partial charge in [0.2, 0.25) is 11.8 Å². The monoisotopic (exact) mass is 418 g/mol. The highest BCUT2D eigenvalue weighted by Crippen LogP contribution is 2.18. The van der Waals surface area contributed by atoms with Crippen molar-refractivity contribution in [2.75, 3.05) is 18.8 Å². The molecular formula is C21H30N4O3S. The first-order valence-corrected chi connectivity index (χ1v) is 10.8. The van der Waals surface area contributed by atoms with E-state index in [4.69, 9.17) is 0 Å². The number of amides is 2. The van der Waals surface area contributed by atoms with Crippen LogP contribution in [0.1, 0.15) is 31.5 Å². The number of aromatic nitrogens is 2. The summed E-state index contributed by atoms with van der Waals surface area (Å²) in [7, 11) is 0. The summed E-state index contributed by atoms with van der Waals surface area (Å²) in [5, 5.41) is 15.8. The van der Waals surface area contributed by atoms with Crippen molar-refractivity contribution in [1.82, 2.24) is 20.2 Å². The fraction of sp³-hybridized carbons (Fsp3) is 0.476. The second kappa shape index (κ2) is 12.3. The Balaban J connectivity index is 1.81. The molecule has 0 unspecified atom stereocenters. The number of aliphatic hydroxyl groups is 1. The first-order valence-electron chi connectivity index (χ1n) is 9.85. The molecule has 0 bridgehead atoms. The molecule has 1 heterocycles. The Labute approximate surface area is 176 Å². The van der Waals surface area contributed by atoms with E-state index in [0.29, 0.717) is 29.9 Å². The van der Waals surface area contributed by atoms with E-state index in [1.54, 1.807) is 4.57 Å². The van der Waals surface area contributed by atoms with Gasteiger partial charge in [-0.1, -0.05) is 55.9 Å². The van der Waals surface area contributed by atoms with Gasteiger partial charge in [0.25, 0.3) is 0 Å². The zero-order valence-electron chi connectivity index (χ0n) is 17.1. The van der Waals surface area contributed by atoms with Gasteiger partial charge in [0.15, 0.2) is 5.16 Å². The molecule has 0 saturated carbocycles. The highest BCUT2D eigenvalue weighted by atomic mass is 32.2. The lowest BCUT2D eigenvalue weighted by molar-refractivity contribution is -0.122. The Morgan fingerprint density at radius 1 is 1.14 bits per heavy atom. The predicted molar refractivity (Wildman–Crippen MR) is 114 cm³/mol. The predicted octanol–water partition coefficient (Wildman–Crippen LogP) is 1.99. The number of thioether (sulfide) groups is 1. The number of aliphatic hydroxyl groups excluding tert-OH is 1. The van der Waals surface area contributed by atoms with Crippen LogP contribution in [0.3, 0.4) is 0 Å². The van der Waals surface area contributed by atoms with Crippen LogP contribution in [-0.4, -0.2) is 45.3 Å². The lowest BCUT2D eigenvalue weighted by Gasteiger charge is -2.12. The van der Waals surface area contributed by atoms with Crippen LogP contribution in [0.25, 0.3) is 0 Å². The molecule has 1 aromatic heterocycles. The van der Waals surface area contributed by atoms with Crippen LogP contribution in [-0.2, 0) is 29.2 Å². The third-order valence-corrected chi connectivity index (χ3v) is 5.31. The molecule has 7 nitrogen and oxygen atoms in total. The normalized spacial score (nSPS) is 10.9. The minimum absolute atomic E-state index is 0.0753. The van der Waals surface area contributed by atoms with Gasteiger partial charge in [0.05, 0.1) is 24.3 Å². The molecule has 0 aliphatic heterocycles. The fourth-order valence-corrected chi connectivity index (χ4v) is 3.50. The molecule has 1 aromatic carbocycles.